The van der Waals surface area contributed by atoms with E-state index in [1.54, 1.807) is 10.7 Å². The van der Waals surface area contributed by atoms with Crippen molar-refractivity contribution in [1.82, 2.24) is 24.6 Å². The fourth-order valence-electron chi connectivity index (χ4n) is 4.77. The van der Waals surface area contributed by atoms with Gasteiger partial charge in [0.05, 0.1) is 18.7 Å². The highest BCUT2D eigenvalue weighted by atomic mass is 16.2. The molecule has 5 rings (SSSR count). The highest BCUT2D eigenvalue weighted by molar-refractivity contribution is 5.88. The molecule has 1 amide bonds. The molecule has 2 aromatic heterocycles. The summed E-state index contributed by atoms with van der Waals surface area (Å²) in [6, 6.07) is 9.87. The molecular weight excluding hydrogens is 390 g/mol. The van der Waals surface area contributed by atoms with Crippen molar-refractivity contribution in [3.8, 4) is 0 Å². The fraction of sp³-hybridized carbons (Fsp3) is 0.458. The van der Waals surface area contributed by atoms with Crippen molar-refractivity contribution < 1.29 is 4.79 Å². The topological polar surface area (TPSA) is 74.2 Å². The Morgan fingerprint density at radius 2 is 1.84 bits per heavy atom. The van der Waals surface area contributed by atoms with E-state index in [4.69, 9.17) is 0 Å². The first kappa shape index (κ1) is 20.0. The van der Waals surface area contributed by atoms with Gasteiger partial charge in [0.25, 0.3) is 5.56 Å². The molecule has 2 aliphatic rings. The predicted octanol–water partition coefficient (Wildman–Crippen LogP) is 1.99. The summed E-state index contributed by atoms with van der Waals surface area (Å²) < 4.78 is 1.62. The van der Waals surface area contributed by atoms with Gasteiger partial charge in [-0.3, -0.25) is 14.5 Å². The fourth-order valence-corrected chi connectivity index (χ4v) is 4.77. The molecule has 3 heterocycles. The maximum atomic E-state index is 12.8. The minimum atomic E-state index is 0.00759. The summed E-state index contributed by atoms with van der Waals surface area (Å²) in [5, 5.41) is 5.74. The monoisotopic (exact) mass is 419 g/mol. The van der Waals surface area contributed by atoms with Crippen molar-refractivity contribution in [2.45, 2.75) is 38.6 Å². The Bertz CT molecular complexity index is 1140. The number of rotatable bonds is 5. The first-order valence-corrected chi connectivity index (χ1v) is 11.3. The maximum absolute atomic E-state index is 12.8. The third-order valence-electron chi connectivity index (χ3n) is 6.64. The summed E-state index contributed by atoms with van der Waals surface area (Å²) in [5.41, 5.74) is 4.36. The van der Waals surface area contributed by atoms with Gasteiger partial charge in [0, 0.05) is 55.9 Å². The number of nitrogens with zero attached hydrogens (tertiary/aromatic N) is 4. The van der Waals surface area contributed by atoms with Crippen LogP contribution >= 0.6 is 0 Å². The van der Waals surface area contributed by atoms with Gasteiger partial charge < -0.3 is 9.88 Å². The molecule has 0 saturated carbocycles. The van der Waals surface area contributed by atoms with Crippen molar-refractivity contribution in [2.75, 3.05) is 32.7 Å². The molecule has 1 aliphatic carbocycles. The molecule has 31 heavy (non-hydrogen) atoms. The molecule has 1 fully saturated rings. The number of aryl methyl sites for hydroxylation is 2. The number of hydrogen-bond acceptors (Lipinski definition) is 4. The van der Waals surface area contributed by atoms with Crippen molar-refractivity contribution >= 4 is 16.8 Å². The van der Waals surface area contributed by atoms with E-state index in [-0.39, 0.29) is 11.5 Å². The lowest BCUT2D eigenvalue weighted by atomic mass is 9.97. The minimum absolute atomic E-state index is 0.00759. The van der Waals surface area contributed by atoms with Gasteiger partial charge >= 0.3 is 0 Å². The van der Waals surface area contributed by atoms with Crippen LogP contribution in [0.1, 0.15) is 29.7 Å². The largest absolute Gasteiger partial charge is 0.361 e. The molecule has 1 aliphatic heterocycles. The standard InChI is InChI=1S/C24H29N5O2/c30-23(16-19-17-25-22-8-4-2-6-20(19)22)28-12-9-27(10-13-28)11-14-29-24(31)15-18-5-1-3-7-21(18)26-29/h2,4,6,8,15,17,25H,1,3,5,7,9-14,16H2. The third kappa shape index (κ3) is 4.28. The molecule has 0 radical (unpaired) electrons. The molecule has 0 unspecified atom stereocenters. The Hall–Kier alpha value is -2.93. The first-order valence-electron chi connectivity index (χ1n) is 11.3. The maximum Gasteiger partial charge on any atom is 0.267 e. The van der Waals surface area contributed by atoms with Crippen LogP contribution in [0.4, 0.5) is 0 Å². The molecule has 0 bridgehead atoms. The molecular formula is C24H29N5O2. The Labute approximate surface area is 181 Å². The van der Waals surface area contributed by atoms with E-state index in [0.29, 0.717) is 13.0 Å². The molecule has 1 saturated heterocycles. The van der Waals surface area contributed by atoms with E-state index < -0.39 is 0 Å². The van der Waals surface area contributed by atoms with Crippen LogP contribution in [0.2, 0.25) is 0 Å². The van der Waals surface area contributed by atoms with E-state index in [1.165, 1.54) is 0 Å². The van der Waals surface area contributed by atoms with Crippen molar-refractivity contribution in [2.24, 2.45) is 0 Å². The van der Waals surface area contributed by atoms with E-state index >= 15 is 0 Å². The van der Waals surface area contributed by atoms with Crippen LogP contribution in [0.15, 0.2) is 41.3 Å². The van der Waals surface area contributed by atoms with E-state index in [9.17, 15) is 9.59 Å². The summed E-state index contributed by atoms with van der Waals surface area (Å²) in [6.45, 7) is 4.52. The second-order valence-electron chi connectivity index (χ2n) is 8.64. The summed E-state index contributed by atoms with van der Waals surface area (Å²) in [4.78, 5) is 32.7. The van der Waals surface area contributed by atoms with Crippen molar-refractivity contribution in [3.05, 3.63) is 63.7 Å². The SMILES string of the molecule is O=C(Cc1c[nH]c2ccccc12)N1CCN(CCn2nc3c(cc2=O)CCCC3)CC1. The van der Waals surface area contributed by atoms with Gasteiger partial charge in [-0.1, -0.05) is 18.2 Å². The number of aromatic amines is 1. The third-order valence-corrected chi connectivity index (χ3v) is 6.64. The van der Waals surface area contributed by atoms with Gasteiger partial charge in [0.2, 0.25) is 5.91 Å². The van der Waals surface area contributed by atoms with Gasteiger partial charge in [-0.05, 0) is 42.9 Å². The molecule has 162 valence electrons. The van der Waals surface area contributed by atoms with Gasteiger partial charge in [-0.25, -0.2) is 4.68 Å². The highest BCUT2D eigenvalue weighted by Gasteiger charge is 2.22. The number of piperazine rings is 1. The number of para-hydroxylation sites is 1. The van der Waals surface area contributed by atoms with Crippen LogP contribution in [0, 0.1) is 0 Å². The average Bonchev–Trinajstić information content (AvgIpc) is 3.21. The Morgan fingerprint density at radius 1 is 1.03 bits per heavy atom. The lowest BCUT2D eigenvalue weighted by Gasteiger charge is -2.34. The van der Waals surface area contributed by atoms with Crippen molar-refractivity contribution in [3.63, 3.8) is 0 Å². The quantitative estimate of drug-likeness (QED) is 0.686. The number of benzene rings is 1. The van der Waals surface area contributed by atoms with Gasteiger partial charge in [0.1, 0.15) is 0 Å². The van der Waals surface area contributed by atoms with Crippen LogP contribution in [-0.2, 0) is 30.6 Å². The van der Waals surface area contributed by atoms with Crippen LogP contribution in [0.3, 0.4) is 0 Å². The van der Waals surface area contributed by atoms with E-state index in [0.717, 1.165) is 86.1 Å². The van der Waals surface area contributed by atoms with Crippen LogP contribution in [-0.4, -0.2) is 63.2 Å². The summed E-state index contributed by atoms with van der Waals surface area (Å²) in [5.74, 6) is 0.178. The Balaban J connectivity index is 1.14. The minimum Gasteiger partial charge on any atom is -0.361 e. The number of fused-ring (bicyclic) bond motifs is 2. The van der Waals surface area contributed by atoms with E-state index in [1.807, 2.05) is 29.3 Å². The summed E-state index contributed by atoms with van der Waals surface area (Å²) >= 11 is 0. The Kier molecular flexibility index (Phi) is 5.59. The lowest BCUT2D eigenvalue weighted by Crippen LogP contribution is -2.50. The smallest absolute Gasteiger partial charge is 0.267 e. The molecule has 0 atom stereocenters. The number of nitrogens with one attached hydrogen (secondary N) is 1. The van der Waals surface area contributed by atoms with Gasteiger partial charge in [-0.15, -0.1) is 0 Å². The molecule has 7 nitrogen and oxygen atoms in total. The zero-order valence-corrected chi connectivity index (χ0v) is 17.8. The summed E-state index contributed by atoms with van der Waals surface area (Å²) in [6.07, 6.45) is 6.65. The molecule has 0 spiro atoms. The number of amides is 1. The van der Waals surface area contributed by atoms with Crippen LogP contribution in [0.25, 0.3) is 10.9 Å². The number of aromatic nitrogens is 3. The lowest BCUT2D eigenvalue weighted by molar-refractivity contribution is -0.132. The zero-order chi connectivity index (χ0) is 21.2. The molecule has 7 heteroatoms. The van der Waals surface area contributed by atoms with Crippen LogP contribution in [0.5, 0.6) is 0 Å². The number of hydrogen-bond donors (Lipinski definition) is 1. The number of H-pyrrole nitrogens is 1. The highest BCUT2D eigenvalue weighted by Crippen LogP contribution is 2.19. The predicted molar refractivity (Wildman–Crippen MR) is 120 cm³/mol. The first-order chi connectivity index (χ1) is 15.2. The summed E-state index contributed by atoms with van der Waals surface area (Å²) in [7, 11) is 0. The average molecular weight is 420 g/mol. The molecule has 1 aromatic carbocycles. The van der Waals surface area contributed by atoms with Gasteiger partial charge in [-0.2, -0.15) is 5.10 Å². The normalized spacial score (nSPS) is 17.1. The second kappa shape index (κ2) is 8.67. The van der Waals surface area contributed by atoms with Crippen LogP contribution < -0.4 is 5.56 Å². The van der Waals surface area contributed by atoms with Gasteiger partial charge in [0.15, 0.2) is 0 Å². The number of carbonyl (C=O) groups is 1. The zero-order valence-electron chi connectivity index (χ0n) is 17.8. The number of carbonyl (C=O) groups excluding carboxylic acids is 1. The second-order valence-corrected chi connectivity index (χ2v) is 8.64. The van der Waals surface area contributed by atoms with Crippen molar-refractivity contribution in [1.29, 1.82) is 0 Å². The molecule has 3 aromatic rings. The Morgan fingerprint density at radius 3 is 2.71 bits per heavy atom. The van der Waals surface area contributed by atoms with E-state index in [2.05, 4.69) is 21.0 Å². The molecule has 1 N–H and O–H groups in total.